The molecule has 4 heteroatoms. The molecule has 1 N–H and O–H groups in total. The molecule has 2 heterocycles. The normalized spacial score (nSPS) is 14.0. The van der Waals surface area contributed by atoms with E-state index >= 15 is 0 Å². The zero-order chi connectivity index (χ0) is 8.84. The third-order valence-electron chi connectivity index (χ3n) is 2.08. The smallest absolute Gasteiger partial charge is 0.361 e. The van der Waals surface area contributed by atoms with Gasteiger partial charge in [-0.15, -0.1) is 0 Å². The lowest BCUT2D eigenvalue weighted by Crippen LogP contribution is -2.20. The highest BCUT2D eigenvalue weighted by molar-refractivity contribution is 5.82. The summed E-state index contributed by atoms with van der Waals surface area (Å²) >= 11 is 0. The van der Waals surface area contributed by atoms with E-state index in [1.165, 1.54) is 0 Å². The van der Waals surface area contributed by atoms with Crippen LogP contribution in [0.1, 0.15) is 0 Å². The summed E-state index contributed by atoms with van der Waals surface area (Å²) in [6.45, 7) is 0. The van der Waals surface area contributed by atoms with Gasteiger partial charge in [-0.3, -0.25) is 0 Å². The van der Waals surface area contributed by atoms with Crippen LogP contribution in [0.4, 0.5) is 4.79 Å². The number of aromatic amines is 1. The summed E-state index contributed by atoms with van der Waals surface area (Å²) in [5, 5.41) is 2.37. The number of rotatable bonds is 0. The third-order valence-corrected chi connectivity index (χ3v) is 2.08. The van der Waals surface area contributed by atoms with Crippen LogP contribution in [-0.4, -0.2) is 11.0 Å². The van der Waals surface area contributed by atoms with Gasteiger partial charge >= 0.3 is 6.03 Å². The van der Waals surface area contributed by atoms with Crippen LogP contribution in [-0.2, 0) is 0 Å². The molecule has 0 unspecified atom stereocenters. The van der Waals surface area contributed by atoms with Gasteiger partial charge in [-0.2, -0.15) is 9.98 Å². The van der Waals surface area contributed by atoms with Crippen molar-refractivity contribution in [1.29, 1.82) is 0 Å². The summed E-state index contributed by atoms with van der Waals surface area (Å²) in [4.78, 5) is 21.4. The van der Waals surface area contributed by atoms with Crippen molar-refractivity contribution in [1.82, 2.24) is 4.98 Å². The fourth-order valence-electron chi connectivity index (χ4n) is 1.49. The first kappa shape index (κ1) is 6.54. The van der Waals surface area contributed by atoms with Crippen LogP contribution in [0.25, 0.3) is 10.9 Å². The van der Waals surface area contributed by atoms with Crippen LogP contribution in [0.15, 0.2) is 34.4 Å². The van der Waals surface area contributed by atoms with Crippen molar-refractivity contribution in [2.24, 2.45) is 9.98 Å². The highest BCUT2D eigenvalue weighted by atomic mass is 16.2. The first-order valence-corrected chi connectivity index (χ1v) is 3.91. The van der Waals surface area contributed by atoms with E-state index in [0.717, 1.165) is 10.9 Å². The van der Waals surface area contributed by atoms with E-state index in [-0.39, 0.29) is 0 Å². The Balaban J connectivity index is 2.60. The number of amides is 2. The summed E-state index contributed by atoms with van der Waals surface area (Å²) in [7, 11) is 0. The number of hydrogen-bond donors (Lipinski definition) is 1. The molecule has 4 nitrogen and oxygen atoms in total. The Bertz CT molecular complexity index is 572. The summed E-state index contributed by atoms with van der Waals surface area (Å²) in [5.74, 6) is 0. The van der Waals surface area contributed by atoms with E-state index < -0.39 is 6.03 Å². The minimum atomic E-state index is -0.414. The largest absolute Gasteiger partial charge is 0.368 e. The van der Waals surface area contributed by atoms with Gasteiger partial charge in [-0.1, -0.05) is 0 Å². The second-order valence-corrected chi connectivity index (χ2v) is 2.91. The van der Waals surface area contributed by atoms with Crippen molar-refractivity contribution in [3.63, 3.8) is 0 Å². The summed E-state index contributed by atoms with van der Waals surface area (Å²) in [5.41, 5.74) is 0.979. The number of carbonyl (C=O) groups excluding carboxylic acids is 1. The Morgan fingerprint density at radius 2 is 1.92 bits per heavy atom. The van der Waals surface area contributed by atoms with Gasteiger partial charge < -0.3 is 4.98 Å². The number of hydrogen-bond acceptors (Lipinski definition) is 1. The van der Waals surface area contributed by atoms with Crippen LogP contribution in [0, 0.1) is 0 Å². The maximum atomic E-state index is 10.9. The number of nitrogens with zero attached hydrogens (tertiary/aromatic N) is 2. The first-order valence-electron chi connectivity index (χ1n) is 3.91. The van der Waals surface area contributed by atoms with Crippen molar-refractivity contribution < 1.29 is 4.79 Å². The molecular formula is C9H5N3O. The molecule has 1 aromatic carbocycles. The molecule has 2 aromatic rings. The lowest BCUT2D eigenvalue weighted by atomic mass is 10.2. The molecule has 0 aliphatic carbocycles. The molecule has 0 saturated heterocycles. The molecule has 1 aromatic heterocycles. The second-order valence-electron chi connectivity index (χ2n) is 2.91. The number of carbonyl (C=O) groups is 1. The van der Waals surface area contributed by atoms with Gasteiger partial charge in [0.2, 0.25) is 0 Å². The minimum absolute atomic E-state index is 0.414. The van der Waals surface area contributed by atoms with Gasteiger partial charge in [0, 0.05) is 17.1 Å². The van der Waals surface area contributed by atoms with E-state index in [9.17, 15) is 4.79 Å². The van der Waals surface area contributed by atoms with Crippen LogP contribution >= 0.6 is 0 Å². The molecule has 0 bridgehead atoms. The van der Waals surface area contributed by atoms with Gasteiger partial charge in [0.05, 0.1) is 10.7 Å². The second kappa shape index (κ2) is 2.04. The zero-order valence-electron chi connectivity index (χ0n) is 6.61. The van der Waals surface area contributed by atoms with Gasteiger partial charge in [-0.25, -0.2) is 4.79 Å². The molecule has 0 radical (unpaired) electrons. The van der Waals surface area contributed by atoms with Crippen molar-refractivity contribution in [3.05, 3.63) is 35.1 Å². The molecule has 3 rings (SSSR count). The molecule has 1 aliphatic heterocycles. The molecule has 0 fully saturated rings. The molecule has 2 amide bonds. The first-order chi connectivity index (χ1) is 6.33. The Kier molecular flexibility index (Phi) is 1.02. The number of aromatic nitrogens is 1. The lowest BCUT2D eigenvalue weighted by molar-refractivity contribution is 0.256. The summed E-state index contributed by atoms with van der Waals surface area (Å²) in [6, 6.07) is 5.21. The Morgan fingerprint density at radius 3 is 2.77 bits per heavy atom. The molecule has 1 aliphatic rings. The third kappa shape index (κ3) is 0.823. The SMILES string of the molecule is O=C1N=c2cc3cc[nH]c3cc2=N1. The monoisotopic (exact) mass is 171 g/mol. The van der Waals surface area contributed by atoms with Crippen LogP contribution in [0.2, 0.25) is 0 Å². The number of nitrogens with one attached hydrogen (secondary N) is 1. The van der Waals surface area contributed by atoms with Crippen molar-refractivity contribution in [2.45, 2.75) is 0 Å². The molecular weight excluding hydrogens is 166 g/mol. The average molecular weight is 171 g/mol. The maximum Gasteiger partial charge on any atom is 0.368 e. The molecule has 62 valence electrons. The fraction of sp³-hybridized carbons (Fsp3) is 0. The van der Waals surface area contributed by atoms with Gasteiger partial charge in [-0.05, 0) is 18.2 Å². The van der Waals surface area contributed by atoms with E-state index in [2.05, 4.69) is 15.0 Å². The predicted octanol–water partition coefficient (Wildman–Crippen LogP) is 0.541. The molecule has 13 heavy (non-hydrogen) atoms. The van der Waals surface area contributed by atoms with Gasteiger partial charge in [0.25, 0.3) is 0 Å². The van der Waals surface area contributed by atoms with E-state index in [1.807, 2.05) is 24.4 Å². The molecule has 0 saturated carbocycles. The quantitative estimate of drug-likeness (QED) is 0.618. The van der Waals surface area contributed by atoms with Crippen LogP contribution in [0.5, 0.6) is 0 Å². The summed E-state index contributed by atoms with van der Waals surface area (Å²) in [6.07, 6.45) is 1.85. The highest BCUT2D eigenvalue weighted by Gasteiger charge is 2.05. The minimum Gasteiger partial charge on any atom is -0.361 e. The number of H-pyrrole nitrogens is 1. The van der Waals surface area contributed by atoms with E-state index in [1.54, 1.807) is 0 Å². The maximum absolute atomic E-state index is 10.9. The van der Waals surface area contributed by atoms with Gasteiger partial charge in [0.1, 0.15) is 0 Å². The van der Waals surface area contributed by atoms with Crippen molar-refractivity contribution in [3.8, 4) is 0 Å². The Morgan fingerprint density at radius 1 is 1.15 bits per heavy atom. The lowest BCUT2D eigenvalue weighted by Gasteiger charge is -1.85. The van der Waals surface area contributed by atoms with Gasteiger partial charge in [0.15, 0.2) is 0 Å². The van der Waals surface area contributed by atoms with Crippen molar-refractivity contribution in [2.75, 3.05) is 0 Å². The van der Waals surface area contributed by atoms with E-state index in [4.69, 9.17) is 0 Å². The topological polar surface area (TPSA) is 57.6 Å². The Hall–Kier alpha value is -1.97. The number of fused-ring (bicyclic) bond motifs is 2. The van der Waals surface area contributed by atoms with Crippen molar-refractivity contribution >= 4 is 16.9 Å². The fourth-order valence-corrected chi connectivity index (χ4v) is 1.49. The highest BCUT2D eigenvalue weighted by Crippen LogP contribution is 2.06. The number of urea groups is 1. The zero-order valence-corrected chi connectivity index (χ0v) is 6.61. The standard InChI is InChI=1S/C9H5N3O/c13-9-11-7-3-5-1-2-10-6(5)4-8(7)12-9/h1-4,10H. The van der Waals surface area contributed by atoms with E-state index in [0.29, 0.717) is 10.7 Å². The molecule has 0 spiro atoms. The van der Waals surface area contributed by atoms with Crippen LogP contribution in [0.3, 0.4) is 0 Å². The Labute approximate surface area is 72.6 Å². The van der Waals surface area contributed by atoms with Crippen LogP contribution < -0.4 is 10.7 Å². The molecule has 0 atom stereocenters. The number of benzene rings is 1. The summed E-state index contributed by atoms with van der Waals surface area (Å²) < 4.78 is 0. The predicted molar refractivity (Wildman–Crippen MR) is 46.0 cm³/mol. The average Bonchev–Trinajstić information content (AvgIpc) is 2.63.